The Morgan fingerprint density at radius 1 is 1.10 bits per heavy atom. The summed E-state index contributed by atoms with van der Waals surface area (Å²) in [4.78, 5) is 26.5. The van der Waals surface area contributed by atoms with Gasteiger partial charge in [0.15, 0.2) is 6.61 Å². The van der Waals surface area contributed by atoms with Crippen LogP contribution in [-0.4, -0.2) is 36.4 Å². The number of hydrogen-bond acceptors (Lipinski definition) is 3. The van der Waals surface area contributed by atoms with Gasteiger partial charge in [0.25, 0.3) is 5.91 Å². The van der Waals surface area contributed by atoms with Crippen LogP contribution in [0, 0.1) is 13.8 Å². The molecule has 0 heterocycles. The third kappa shape index (κ3) is 5.78. The van der Waals surface area contributed by atoms with Gasteiger partial charge in [-0.05, 0) is 56.2 Å². The summed E-state index contributed by atoms with van der Waals surface area (Å²) in [6.45, 7) is 5.20. The molecule has 1 unspecified atom stereocenters. The minimum absolute atomic E-state index is 0.0773. The third-order valence-electron chi connectivity index (χ3n) is 4.58. The molecule has 0 saturated carbocycles. The zero-order valence-electron chi connectivity index (χ0n) is 16.7. The molecule has 0 aromatic heterocycles. The highest BCUT2D eigenvalue weighted by Crippen LogP contribution is 2.28. The van der Waals surface area contributed by atoms with Crippen molar-refractivity contribution in [3.8, 4) is 5.75 Å². The molecule has 0 aliphatic carbocycles. The molecule has 0 spiro atoms. The smallest absolute Gasteiger partial charge is 0.261 e. The summed E-state index contributed by atoms with van der Waals surface area (Å²) in [6, 6.07) is 7.88. The summed E-state index contributed by atoms with van der Waals surface area (Å²) in [6.07, 6.45) is 0. The van der Waals surface area contributed by atoms with Gasteiger partial charge in [-0.15, -0.1) is 0 Å². The number of carbonyl (C=O) groups is 2. The van der Waals surface area contributed by atoms with Gasteiger partial charge >= 0.3 is 0 Å². The maximum Gasteiger partial charge on any atom is 0.261 e. The first-order chi connectivity index (χ1) is 13.6. The van der Waals surface area contributed by atoms with Gasteiger partial charge in [0.2, 0.25) is 5.91 Å². The van der Waals surface area contributed by atoms with Gasteiger partial charge in [0.05, 0.1) is 0 Å². The van der Waals surface area contributed by atoms with Crippen molar-refractivity contribution in [3.63, 3.8) is 0 Å². The fourth-order valence-corrected chi connectivity index (χ4v) is 3.49. The normalized spacial score (nSPS) is 11.7. The van der Waals surface area contributed by atoms with E-state index < -0.39 is 6.04 Å². The molecule has 2 amide bonds. The lowest BCUT2D eigenvalue weighted by atomic mass is 10.1. The van der Waals surface area contributed by atoms with E-state index in [0.29, 0.717) is 26.4 Å². The van der Waals surface area contributed by atoms with Crippen molar-refractivity contribution in [3.05, 3.63) is 62.1 Å². The van der Waals surface area contributed by atoms with Gasteiger partial charge in [-0.1, -0.05) is 40.9 Å². The molecule has 29 heavy (non-hydrogen) atoms. The van der Waals surface area contributed by atoms with Crippen LogP contribution in [0.3, 0.4) is 0 Å². The highest BCUT2D eigenvalue weighted by Gasteiger charge is 2.27. The lowest BCUT2D eigenvalue weighted by molar-refractivity contribution is -0.142. The highest BCUT2D eigenvalue weighted by atomic mass is 35.5. The second-order valence-electron chi connectivity index (χ2n) is 6.67. The van der Waals surface area contributed by atoms with Gasteiger partial charge in [0, 0.05) is 34.2 Å². The zero-order valence-corrected chi connectivity index (χ0v) is 19.0. The van der Waals surface area contributed by atoms with Gasteiger partial charge in [-0.25, -0.2) is 0 Å². The first kappa shape index (κ1) is 23.3. The quantitative estimate of drug-likeness (QED) is 0.649. The topological polar surface area (TPSA) is 58.6 Å². The zero-order chi connectivity index (χ0) is 21.7. The SMILES string of the molecule is CNC(=O)C(C)N(Cc1c(Cl)cccc1Cl)C(=O)COc1cc(C)c(Cl)c(C)c1. The number of halogens is 3. The average Bonchev–Trinajstić information content (AvgIpc) is 2.68. The van der Waals surface area contributed by atoms with Gasteiger partial charge in [-0.3, -0.25) is 9.59 Å². The Labute approximate surface area is 185 Å². The molecule has 156 valence electrons. The van der Waals surface area contributed by atoms with E-state index in [1.165, 1.54) is 11.9 Å². The van der Waals surface area contributed by atoms with E-state index in [1.54, 1.807) is 37.3 Å². The molecule has 0 fully saturated rings. The molecular formula is C21H23Cl3N2O3. The highest BCUT2D eigenvalue weighted by molar-refractivity contribution is 6.36. The molecule has 2 rings (SSSR count). The molecule has 0 aliphatic rings. The van der Waals surface area contributed by atoms with E-state index in [9.17, 15) is 9.59 Å². The number of ether oxygens (including phenoxy) is 1. The minimum atomic E-state index is -0.739. The number of hydrogen-bond donors (Lipinski definition) is 1. The minimum Gasteiger partial charge on any atom is -0.484 e. The Bertz CT molecular complexity index is 875. The monoisotopic (exact) mass is 456 g/mol. The standard InChI is InChI=1S/C21H23Cl3N2O3/c1-12-8-15(9-13(2)20(12)24)29-11-19(27)26(14(3)21(28)25-4)10-16-17(22)6-5-7-18(16)23/h5-9,14H,10-11H2,1-4H3,(H,25,28). The molecule has 0 radical (unpaired) electrons. The van der Waals surface area contributed by atoms with Crippen LogP contribution < -0.4 is 10.1 Å². The van der Waals surface area contributed by atoms with Crippen LogP contribution in [0.2, 0.25) is 15.1 Å². The van der Waals surface area contributed by atoms with Crippen molar-refractivity contribution in [1.29, 1.82) is 0 Å². The van der Waals surface area contributed by atoms with E-state index in [4.69, 9.17) is 39.5 Å². The Hall–Kier alpha value is -1.95. The maximum absolute atomic E-state index is 13.0. The number of carbonyl (C=O) groups excluding carboxylic acids is 2. The Kier molecular flexibility index (Phi) is 8.20. The van der Waals surface area contributed by atoms with Crippen molar-refractivity contribution in [2.45, 2.75) is 33.4 Å². The van der Waals surface area contributed by atoms with E-state index in [1.807, 2.05) is 13.8 Å². The van der Waals surface area contributed by atoms with Crippen LogP contribution in [0.15, 0.2) is 30.3 Å². The number of nitrogens with zero attached hydrogens (tertiary/aromatic N) is 1. The number of amides is 2. The maximum atomic E-state index is 13.0. The fraction of sp³-hybridized carbons (Fsp3) is 0.333. The predicted octanol–water partition coefficient (Wildman–Crippen LogP) is 4.81. The summed E-state index contributed by atoms with van der Waals surface area (Å²) >= 11 is 18.7. The van der Waals surface area contributed by atoms with Crippen molar-refractivity contribution >= 4 is 46.6 Å². The first-order valence-corrected chi connectivity index (χ1v) is 10.1. The summed E-state index contributed by atoms with van der Waals surface area (Å²) in [5.41, 5.74) is 2.28. The second kappa shape index (κ2) is 10.2. The lowest BCUT2D eigenvalue weighted by Crippen LogP contribution is -2.48. The number of likely N-dealkylation sites (N-methyl/N-ethyl adjacent to an activating group) is 1. The van der Waals surface area contributed by atoms with Crippen LogP contribution in [0.4, 0.5) is 0 Å². The molecule has 2 aromatic rings. The summed E-state index contributed by atoms with van der Waals surface area (Å²) in [5, 5.41) is 4.06. The Morgan fingerprint density at radius 3 is 2.17 bits per heavy atom. The third-order valence-corrected chi connectivity index (χ3v) is 5.88. The van der Waals surface area contributed by atoms with Crippen LogP contribution in [-0.2, 0) is 16.1 Å². The molecule has 0 aliphatic heterocycles. The molecule has 5 nitrogen and oxygen atoms in total. The largest absolute Gasteiger partial charge is 0.484 e. The number of benzene rings is 2. The van der Waals surface area contributed by atoms with Crippen LogP contribution >= 0.6 is 34.8 Å². The van der Waals surface area contributed by atoms with E-state index in [0.717, 1.165) is 11.1 Å². The number of aryl methyl sites for hydroxylation is 2. The van der Waals surface area contributed by atoms with Crippen molar-refractivity contribution in [1.82, 2.24) is 10.2 Å². The Morgan fingerprint density at radius 2 is 1.66 bits per heavy atom. The van der Waals surface area contributed by atoms with Crippen LogP contribution in [0.25, 0.3) is 0 Å². The van der Waals surface area contributed by atoms with E-state index >= 15 is 0 Å². The van der Waals surface area contributed by atoms with Crippen molar-refractivity contribution in [2.75, 3.05) is 13.7 Å². The number of rotatable bonds is 7. The summed E-state index contributed by atoms with van der Waals surface area (Å²) < 4.78 is 5.68. The van der Waals surface area contributed by atoms with Crippen molar-refractivity contribution < 1.29 is 14.3 Å². The molecule has 8 heteroatoms. The van der Waals surface area contributed by atoms with Gasteiger partial charge < -0.3 is 15.0 Å². The molecule has 0 bridgehead atoms. The first-order valence-electron chi connectivity index (χ1n) is 8.99. The average molecular weight is 458 g/mol. The van der Waals surface area contributed by atoms with E-state index in [2.05, 4.69) is 5.32 Å². The predicted molar refractivity (Wildman–Crippen MR) is 117 cm³/mol. The number of nitrogens with one attached hydrogen (secondary N) is 1. The van der Waals surface area contributed by atoms with Crippen molar-refractivity contribution in [2.24, 2.45) is 0 Å². The van der Waals surface area contributed by atoms with Crippen LogP contribution in [0.1, 0.15) is 23.6 Å². The van der Waals surface area contributed by atoms with Gasteiger partial charge in [0.1, 0.15) is 11.8 Å². The fourth-order valence-electron chi connectivity index (χ4n) is 2.86. The molecule has 1 N–H and O–H groups in total. The molecule has 2 aromatic carbocycles. The molecule has 0 saturated heterocycles. The Balaban J connectivity index is 2.24. The van der Waals surface area contributed by atoms with Gasteiger partial charge in [-0.2, -0.15) is 0 Å². The lowest BCUT2D eigenvalue weighted by Gasteiger charge is -2.29. The second-order valence-corrected chi connectivity index (χ2v) is 7.86. The summed E-state index contributed by atoms with van der Waals surface area (Å²) in [5.74, 6) is -0.150. The molecular weight excluding hydrogens is 435 g/mol. The summed E-state index contributed by atoms with van der Waals surface area (Å²) in [7, 11) is 1.51. The molecule has 1 atom stereocenters. The van der Waals surface area contributed by atoms with Crippen LogP contribution in [0.5, 0.6) is 5.75 Å². The van der Waals surface area contributed by atoms with E-state index in [-0.39, 0.29) is 25.0 Å².